The fourth-order valence-electron chi connectivity index (χ4n) is 2.92. The minimum absolute atomic E-state index is 0.0239. The summed E-state index contributed by atoms with van der Waals surface area (Å²) in [6, 6.07) is 14.9. The lowest BCUT2D eigenvalue weighted by Gasteiger charge is -2.03. The number of hydrogen-bond acceptors (Lipinski definition) is 7. The molecule has 0 radical (unpaired) electrons. The highest BCUT2D eigenvalue weighted by atomic mass is 32.2. The number of thioether (sulfide) groups is 1. The van der Waals surface area contributed by atoms with Gasteiger partial charge in [-0.1, -0.05) is 12.1 Å². The molecule has 0 atom stereocenters. The normalized spacial score (nSPS) is 11.6. The molecule has 0 aliphatic carbocycles. The summed E-state index contributed by atoms with van der Waals surface area (Å²) >= 11 is 0.946. The van der Waals surface area contributed by atoms with E-state index in [9.17, 15) is 20.0 Å². The Hall–Kier alpha value is -4.05. The molecule has 2 heterocycles. The third-order valence-corrected chi connectivity index (χ3v) is 5.25. The number of hydrogen-bond donors (Lipinski definition) is 2. The zero-order valence-electron chi connectivity index (χ0n) is 16.1. The maximum absolute atomic E-state index is 11.7. The molecular weight excluding hydrogens is 422 g/mol. The number of aromatic nitrogens is 2. The number of carbonyl (C=O) groups is 1. The number of H-pyrrole nitrogens is 1. The Labute approximate surface area is 179 Å². The van der Waals surface area contributed by atoms with Crippen LogP contribution in [0.25, 0.3) is 28.4 Å². The molecule has 9 nitrogen and oxygen atoms in total. The fraction of sp³-hybridized carbons (Fsp3) is 0.0476. The standard InChI is InChI=1S/C21H15N3O6S/c1-29-12-6-8-14(17(10-12)24(27)28)18-9-7-13(30-18)11-19(20(25)26)31-21-22-15-4-2-3-5-16(15)23-21/h2-11H,1H3,(H,22,23)(H,25,26)/b19-11-. The van der Waals surface area contributed by atoms with E-state index in [0.29, 0.717) is 10.9 Å². The van der Waals surface area contributed by atoms with E-state index in [4.69, 9.17) is 9.15 Å². The number of methoxy groups -OCH3 is 1. The van der Waals surface area contributed by atoms with Gasteiger partial charge in [-0.05, 0) is 48.2 Å². The second kappa shape index (κ2) is 8.36. The molecule has 10 heteroatoms. The number of aromatic amines is 1. The van der Waals surface area contributed by atoms with Crippen LogP contribution in [0.1, 0.15) is 5.76 Å². The van der Waals surface area contributed by atoms with Crippen LogP contribution in [0.4, 0.5) is 5.69 Å². The number of carboxylic acids is 1. The van der Waals surface area contributed by atoms with E-state index in [-0.39, 0.29) is 27.7 Å². The SMILES string of the molecule is COc1ccc(-c2ccc(/C=C(\Sc3nc4ccccc4[nH]3)C(=O)O)o2)c([N+](=O)[O-])c1. The smallest absolute Gasteiger partial charge is 0.342 e. The number of rotatable bonds is 7. The summed E-state index contributed by atoms with van der Waals surface area (Å²) in [5.74, 6) is -0.337. The molecule has 4 aromatic rings. The summed E-state index contributed by atoms with van der Waals surface area (Å²) in [4.78, 5) is 30.0. The minimum Gasteiger partial charge on any atom is -0.497 e. The van der Waals surface area contributed by atoms with E-state index in [1.54, 1.807) is 18.2 Å². The number of aliphatic carboxylic acids is 1. The van der Waals surface area contributed by atoms with Crippen molar-refractivity contribution < 1.29 is 24.0 Å². The molecule has 156 valence electrons. The van der Waals surface area contributed by atoms with Crippen molar-refractivity contribution in [1.29, 1.82) is 0 Å². The van der Waals surface area contributed by atoms with Gasteiger partial charge in [0.2, 0.25) is 0 Å². The van der Waals surface area contributed by atoms with Gasteiger partial charge in [0.1, 0.15) is 22.2 Å². The zero-order chi connectivity index (χ0) is 22.0. The molecule has 0 fully saturated rings. The van der Waals surface area contributed by atoms with Crippen LogP contribution in [0.15, 0.2) is 69.1 Å². The van der Waals surface area contributed by atoms with Gasteiger partial charge >= 0.3 is 5.97 Å². The van der Waals surface area contributed by atoms with Crippen LogP contribution in [0, 0.1) is 10.1 Å². The first-order chi connectivity index (χ1) is 14.9. The van der Waals surface area contributed by atoms with Crippen molar-refractivity contribution in [1.82, 2.24) is 9.97 Å². The van der Waals surface area contributed by atoms with Crippen molar-refractivity contribution >= 4 is 40.5 Å². The number of carboxylic acid groups (broad SMARTS) is 1. The monoisotopic (exact) mass is 437 g/mol. The highest BCUT2D eigenvalue weighted by Crippen LogP contribution is 2.35. The van der Waals surface area contributed by atoms with Gasteiger partial charge in [0.15, 0.2) is 5.16 Å². The van der Waals surface area contributed by atoms with Crippen LogP contribution in [0.5, 0.6) is 5.75 Å². The van der Waals surface area contributed by atoms with Gasteiger partial charge in [-0.25, -0.2) is 9.78 Å². The number of nitro benzene ring substituents is 1. The number of nitrogens with one attached hydrogen (secondary N) is 1. The first-order valence-corrected chi connectivity index (χ1v) is 9.76. The van der Waals surface area contributed by atoms with Crippen LogP contribution in [0.3, 0.4) is 0 Å². The summed E-state index contributed by atoms with van der Waals surface area (Å²) in [5.41, 5.74) is 1.59. The Morgan fingerprint density at radius 3 is 2.77 bits per heavy atom. The molecule has 0 unspecified atom stereocenters. The number of para-hydroxylation sites is 2. The minimum atomic E-state index is -1.15. The Bertz CT molecular complexity index is 1290. The largest absolute Gasteiger partial charge is 0.497 e. The van der Waals surface area contributed by atoms with E-state index in [1.807, 2.05) is 24.3 Å². The highest BCUT2D eigenvalue weighted by molar-refractivity contribution is 8.04. The maximum atomic E-state index is 11.7. The zero-order valence-corrected chi connectivity index (χ0v) is 16.9. The Morgan fingerprint density at radius 1 is 1.26 bits per heavy atom. The molecule has 31 heavy (non-hydrogen) atoms. The molecule has 0 spiro atoms. The van der Waals surface area contributed by atoms with Gasteiger partial charge in [-0.3, -0.25) is 10.1 Å². The third-order valence-electron chi connectivity index (χ3n) is 4.35. The molecule has 0 bridgehead atoms. The molecule has 2 aromatic heterocycles. The Kier molecular flexibility index (Phi) is 5.46. The van der Waals surface area contributed by atoms with E-state index >= 15 is 0 Å². The summed E-state index contributed by atoms with van der Waals surface area (Å²) in [5, 5.41) is 21.4. The van der Waals surface area contributed by atoms with Crippen LogP contribution < -0.4 is 4.74 Å². The van der Waals surface area contributed by atoms with Crippen molar-refractivity contribution in [3.63, 3.8) is 0 Å². The van der Waals surface area contributed by atoms with Gasteiger partial charge < -0.3 is 19.2 Å². The lowest BCUT2D eigenvalue weighted by atomic mass is 10.1. The first kappa shape index (κ1) is 20.2. The van der Waals surface area contributed by atoms with Gasteiger partial charge in [0.25, 0.3) is 5.69 Å². The number of imidazole rings is 1. The molecule has 4 rings (SSSR count). The lowest BCUT2D eigenvalue weighted by molar-refractivity contribution is -0.384. The maximum Gasteiger partial charge on any atom is 0.342 e. The van der Waals surface area contributed by atoms with Crippen LogP contribution in [0.2, 0.25) is 0 Å². The van der Waals surface area contributed by atoms with Gasteiger partial charge in [0, 0.05) is 6.08 Å². The predicted octanol–water partition coefficient (Wildman–Crippen LogP) is 4.96. The Morgan fingerprint density at radius 2 is 2.06 bits per heavy atom. The van der Waals surface area contributed by atoms with E-state index < -0.39 is 10.9 Å². The van der Waals surface area contributed by atoms with E-state index in [2.05, 4.69) is 9.97 Å². The van der Waals surface area contributed by atoms with E-state index in [1.165, 1.54) is 25.3 Å². The average molecular weight is 437 g/mol. The van der Waals surface area contributed by atoms with Crippen LogP contribution in [-0.2, 0) is 4.79 Å². The van der Waals surface area contributed by atoms with E-state index in [0.717, 1.165) is 22.8 Å². The predicted molar refractivity (Wildman–Crippen MR) is 115 cm³/mol. The van der Waals surface area contributed by atoms with Crippen molar-refractivity contribution in [2.45, 2.75) is 5.16 Å². The number of furan rings is 1. The van der Waals surface area contributed by atoms with Gasteiger partial charge in [-0.2, -0.15) is 0 Å². The number of ether oxygens (including phenoxy) is 1. The summed E-state index contributed by atoms with van der Waals surface area (Å²) < 4.78 is 10.7. The highest BCUT2D eigenvalue weighted by Gasteiger charge is 2.20. The number of nitrogens with zero attached hydrogens (tertiary/aromatic N) is 2. The van der Waals surface area contributed by atoms with Crippen LogP contribution >= 0.6 is 11.8 Å². The molecule has 0 aliphatic rings. The molecule has 2 N–H and O–H groups in total. The van der Waals surface area contributed by atoms with Gasteiger partial charge in [0.05, 0.1) is 34.7 Å². The van der Waals surface area contributed by atoms with Crippen molar-refractivity contribution in [2.75, 3.05) is 7.11 Å². The summed E-state index contributed by atoms with van der Waals surface area (Å²) in [6.45, 7) is 0. The van der Waals surface area contributed by atoms with Gasteiger partial charge in [-0.15, -0.1) is 0 Å². The topological polar surface area (TPSA) is 131 Å². The summed E-state index contributed by atoms with van der Waals surface area (Å²) in [6.07, 6.45) is 1.35. The molecular formula is C21H15N3O6S. The second-order valence-corrected chi connectivity index (χ2v) is 7.35. The Balaban J connectivity index is 1.65. The second-order valence-electron chi connectivity index (χ2n) is 6.32. The fourth-order valence-corrected chi connectivity index (χ4v) is 3.69. The van der Waals surface area contributed by atoms with Crippen molar-refractivity contribution in [3.8, 4) is 17.1 Å². The van der Waals surface area contributed by atoms with Crippen LogP contribution in [-0.4, -0.2) is 33.1 Å². The summed E-state index contributed by atoms with van der Waals surface area (Å²) in [7, 11) is 1.42. The lowest BCUT2D eigenvalue weighted by Crippen LogP contribution is -1.97. The molecule has 0 saturated heterocycles. The van der Waals surface area contributed by atoms with Crippen molar-refractivity contribution in [2.24, 2.45) is 0 Å². The quantitative estimate of drug-likeness (QED) is 0.179. The third kappa shape index (κ3) is 4.28. The first-order valence-electron chi connectivity index (χ1n) is 8.95. The average Bonchev–Trinajstić information content (AvgIpc) is 3.39. The molecule has 0 aliphatic heterocycles. The number of fused-ring (bicyclic) bond motifs is 1. The molecule has 0 saturated carbocycles. The number of nitro groups is 1. The number of benzene rings is 2. The molecule has 0 amide bonds. The molecule has 2 aromatic carbocycles. The van der Waals surface area contributed by atoms with Crippen molar-refractivity contribution in [3.05, 3.63) is 75.4 Å².